The summed E-state index contributed by atoms with van der Waals surface area (Å²) in [7, 11) is 1.35. The van der Waals surface area contributed by atoms with E-state index in [4.69, 9.17) is 16.3 Å². The highest BCUT2D eigenvalue weighted by Crippen LogP contribution is 2.28. The highest BCUT2D eigenvalue weighted by atomic mass is 35.5. The van der Waals surface area contributed by atoms with Crippen LogP contribution in [0.25, 0.3) is 5.65 Å². The Labute approximate surface area is 166 Å². The number of amides is 1. The Morgan fingerprint density at radius 1 is 1.34 bits per heavy atom. The lowest BCUT2D eigenvalue weighted by Crippen LogP contribution is -2.31. The lowest BCUT2D eigenvalue weighted by molar-refractivity contribution is -0.275. The Hall–Kier alpha value is -2.92. The number of benzene rings is 1. The van der Waals surface area contributed by atoms with Crippen LogP contribution in [-0.2, 0) is 4.74 Å². The van der Waals surface area contributed by atoms with Crippen LogP contribution in [0.4, 0.5) is 17.6 Å². The molecule has 12 heteroatoms. The first-order valence-electron chi connectivity index (χ1n) is 8.03. The molecule has 7 nitrogen and oxygen atoms in total. The van der Waals surface area contributed by atoms with E-state index in [9.17, 15) is 22.4 Å². The van der Waals surface area contributed by atoms with E-state index in [0.717, 1.165) is 12.1 Å². The Kier molecular flexibility index (Phi) is 5.89. The second-order valence-electron chi connectivity index (χ2n) is 5.80. The lowest BCUT2D eigenvalue weighted by Gasteiger charge is -2.19. The molecular weight excluding hydrogens is 420 g/mol. The normalized spacial score (nSPS) is 12.8. The number of hydrogen-bond donors (Lipinski definition) is 1. The maximum atomic E-state index is 14.0. The van der Waals surface area contributed by atoms with Gasteiger partial charge in [-0.2, -0.15) is 5.10 Å². The number of aromatic nitrogens is 3. The van der Waals surface area contributed by atoms with Crippen molar-refractivity contribution in [1.29, 1.82) is 0 Å². The molecule has 1 atom stereocenters. The minimum absolute atomic E-state index is 0.0714. The van der Waals surface area contributed by atoms with E-state index in [1.807, 2.05) is 0 Å². The van der Waals surface area contributed by atoms with Crippen LogP contribution in [0.15, 0.2) is 36.7 Å². The quantitative estimate of drug-likeness (QED) is 0.476. The molecule has 0 aliphatic carbocycles. The van der Waals surface area contributed by atoms with Gasteiger partial charge in [-0.15, -0.1) is 13.2 Å². The van der Waals surface area contributed by atoms with Crippen molar-refractivity contribution in [3.63, 3.8) is 0 Å². The van der Waals surface area contributed by atoms with Crippen LogP contribution in [0.2, 0.25) is 5.15 Å². The Morgan fingerprint density at radius 2 is 2.10 bits per heavy atom. The van der Waals surface area contributed by atoms with Gasteiger partial charge >= 0.3 is 6.36 Å². The van der Waals surface area contributed by atoms with Crippen LogP contribution in [0, 0.1) is 5.82 Å². The number of carbonyl (C=O) groups excluding carboxylic acids is 1. The van der Waals surface area contributed by atoms with Crippen LogP contribution >= 0.6 is 11.6 Å². The Balaban J connectivity index is 1.85. The van der Waals surface area contributed by atoms with Gasteiger partial charge in [-0.1, -0.05) is 17.7 Å². The third-order valence-corrected chi connectivity index (χ3v) is 4.01. The predicted molar refractivity (Wildman–Crippen MR) is 93.2 cm³/mol. The maximum Gasteiger partial charge on any atom is 0.573 e. The van der Waals surface area contributed by atoms with Crippen LogP contribution in [-0.4, -0.2) is 40.6 Å². The summed E-state index contributed by atoms with van der Waals surface area (Å²) in [4.78, 5) is 16.7. The monoisotopic (exact) mass is 432 g/mol. The molecule has 0 aliphatic rings. The fourth-order valence-electron chi connectivity index (χ4n) is 2.57. The summed E-state index contributed by atoms with van der Waals surface area (Å²) in [5, 5.41) is 6.76. The maximum absolute atomic E-state index is 14.0. The number of ether oxygens (including phenoxy) is 2. The second kappa shape index (κ2) is 8.21. The van der Waals surface area contributed by atoms with Gasteiger partial charge in [0.2, 0.25) is 0 Å². The van der Waals surface area contributed by atoms with Gasteiger partial charge in [-0.25, -0.2) is 13.9 Å². The first-order valence-corrected chi connectivity index (χ1v) is 8.40. The van der Waals surface area contributed by atoms with Gasteiger partial charge in [-0.05, 0) is 23.8 Å². The predicted octanol–water partition coefficient (Wildman–Crippen LogP) is 3.54. The number of halogens is 5. The minimum Gasteiger partial charge on any atom is -0.403 e. The van der Waals surface area contributed by atoms with Gasteiger partial charge in [-0.3, -0.25) is 4.79 Å². The van der Waals surface area contributed by atoms with Gasteiger partial charge in [0.15, 0.2) is 17.2 Å². The summed E-state index contributed by atoms with van der Waals surface area (Å²) >= 11 is 5.84. The summed E-state index contributed by atoms with van der Waals surface area (Å²) in [6, 6.07) is 3.47. The summed E-state index contributed by atoms with van der Waals surface area (Å²) in [5.41, 5.74) is 0.479. The average Bonchev–Trinajstić information content (AvgIpc) is 3.05. The minimum atomic E-state index is -5.03. The van der Waals surface area contributed by atoms with E-state index < -0.39 is 29.9 Å². The number of carbonyl (C=O) groups is 1. The molecule has 0 saturated carbocycles. The van der Waals surface area contributed by atoms with Crippen molar-refractivity contribution in [2.45, 2.75) is 12.4 Å². The molecule has 1 unspecified atom stereocenters. The molecule has 3 rings (SSSR count). The molecule has 1 amide bonds. The van der Waals surface area contributed by atoms with Gasteiger partial charge in [0.25, 0.3) is 5.91 Å². The molecule has 2 heterocycles. The van der Waals surface area contributed by atoms with Crippen LogP contribution in [0.3, 0.4) is 0 Å². The molecule has 0 bridgehead atoms. The van der Waals surface area contributed by atoms with Gasteiger partial charge in [0, 0.05) is 13.3 Å². The van der Waals surface area contributed by atoms with E-state index in [0.29, 0.717) is 0 Å². The molecule has 0 saturated heterocycles. The molecule has 0 aliphatic heterocycles. The average molecular weight is 433 g/mol. The molecule has 1 aromatic carbocycles. The highest BCUT2D eigenvalue weighted by Gasteiger charge is 2.32. The van der Waals surface area contributed by atoms with Crippen molar-refractivity contribution in [2.24, 2.45) is 0 Å². The fraction of sp³-hybridized carbons (Fsp3) is 0.235. The lowest BCUT2D eigenvalue weighted by atomic mass is 10.1. The number of hydrogen-bond acceptors (Lipinski definition) is 5. The third-order valence-electron chi connectivity index (χ3n) is 3.80. The number of alkyl halides is 3. The topological polar surface area (TPSA) is 77.8 Å². The van der Waals surface area contributed by atoms with E-state index in [2.05, 4.69) is 20.1 Å². The van der Waals surface area contributed by atoms with Crippen LogP contribution in [0.5, 0.6) is 5.75 Å². The molecule has 29 heavy (non-hydrogen) atoms. The molecule has 0 fully saturated rings. The van der Waals surface area contributed by atoms with Crippen molar-refractivity contribution in [3.05, 3.63) is 58.8 Å². The van der Waals surface area contributed by atoms with Crippen molar-refractivity contribution in [2.75, 3.05) is 13.7 Å². The van der Waals surface area contributed by atoms with Crippen molar-refractivity contribution in [3.8, 4) is 5.75 Å². The molecule has 2 aromatic heterocycles. The van der Waals surface area contributed by atoms with E-state index >= 15 is 0 Å². The zero-order chi connectivity index (χ0) is 21.2. The number of rotatable bonds is 6. The van der Waals surface area contributed by atoms with Gasteiger partial charge in [0.05, 0.1) is 18.8 Å². The van der Waals surface area contributed by atoms with E-state index in [-0.39, 0.29) is 28.5 Å². The van der Waals surface area contributed by atoms with Crippen molar-refractivity contribution >= 4 is 23.2 Å². The van der Waals surface area contributed by atoms with Crippen LogP contribution in [0.1, 0.15) is 22.0 Å². The zero-order valence-electron chi connectivity index (χ0n) is 14.7. The van der Waals surface area contributed by atoms with Gasteiger partial charge in [0.1, 0.15) is 10.7 Å². The molecule has 3 aromatic rings. The second-order valence-corrected chi connectivity index (χ2v) is 6.18. The standard InChI is InChI=1S/C17H13ClF4N4O3/c1-28-8-12(9-2-3-13(11(19)6-9)29-17(20,21)22)24-16(27)10-7-23-26-5-4-14(18)25-15(10)26/h2-7,12H,8H2,1H3,(H,24,27). The van der Waals surface area contributed by atoms with E-state index in [1.165, 1.54) is 36.2 Å². The molecule has 0 spiro atoms. The third kappa shape index (κ3) is 4.93. The Morgan fingerprint density at radius 3 is 2.76 bits per heavy atom. The first kappa shape index (κ1) is 20.8. The number of nitrogens with zero attached hydrogens (tertiary/aromatic N) is 3. The summed E-state index contributed by atoms with van der Waals surface area (Å²) in [5.74, 6) is -2.82. The largest absolute Gasteiger partial charge is 0.573 e. The zero-order valence-corrected chi connectivity index (χ0v) is 15.5. The first-order chi connectivity index (χ1) is 13.7. The summed E-state index contributed by atoms with van der Waals surface area (Å²) < 4.78 is 60.9. The molecule has 0 radical (unpaired) electrons. The van der Waals surface area contributed by atoms with E-state index in [1.54, 1.807) is 0 Å². The number of methoxy groups -OCH3 is 1. The van der Waals surface area contributed by atoms with Gasteiger partial charge < -0.3 is 14.8 Å². The summed E-state index contributed by atoms with van der Waals surface area (Å²) in [6.07, 6.45) is -2.23. The van der Waals surface area contributed by atoms with Crippen molar-refractivity contribution < 1.29 is 31.8 Å². The number of nitrogens with one attached hydrogen (secondary N) is 1. The smallest absolute Gasteiger partial charge is 0.403 e. The summed E-state index contributed by atoms with van der Waals surface area (Å²) in [6.45, 7) is -0.0714. The number of fused-ring (bicyclic) bond motifs is 1. The molecule has 154 valence electrons. The fourth-order valence-corrected chi connectivity index (χ4v) is 2.71. The molecular formula is C17H13ClF4N4O3. The highest BCUT2D eigenvalue weighted by molar-refractivity contribution is 6.29. The van der Waals surface area contributed by atoms with Crippen molar-refractivity contribution in [1.82, 2.24) is 19.9 Å². The molecule has 1 N–H and O–H groups in total. The SMILES string of the molecule is COCC(NC(=O)c1cnn2ccc(Cl)nc12)c1ccc(OC(F)(F)F)c(F)c1. The van der Waals surface area contributed by atoms with Crippen LogP contribution < -0.4 is 10.1 Å². The Bertz CT molecular complexity index is 1040.